The average molecular weight is 281 g/mol. The van der Waals surface area contributed by atoms with Crippen LogP contribution >= 0.6 is 0 Å². The van der Waals surface area contributed by atoms with Crippen molar-refractivity contribution < 1.29 is 34.3 Å². The maximum absolute atomic E-state index is 10.0. The van der Waals surface area contributed by atoms with Crippen molar-refractivity contribution in [3.8, 4) is 0 Å². The van der Waals surface area contributed by atoms with Gasteiger partial charge in [-0.1, -0.05) is 0 Å². The Bertz CT molecular complexity index is 263. The molecule has 0 spiro atoms. The molecule has 1 aliphatic heterocycles. The van der Waals surface area contributed by atoms with Gasteiger partial charge in [0.1, 0.15) is 30.5 Å². The first kappa shape index (κ1) is 16.7. The predicted octanol–water partition coefficient (Wildman–Crippen LogP) is -2.22. The Kier molecular flexibility index (Phi) is 6.57. The lowest BCUT2D eigenvalue weighted by Gasteiger charge is -2.42. The summed E-state index contributed by atoms with van der Waals surface area (Å²) in [4.78, 5) is 0. The topological polar surface area (TPSA) is 124 Å². The Morgan fingerprint density at radius 3 is 2.32 bits per heavy atom. The largest absolute Gasteiger partial charge is 0.388 e. The monoisotopic (exact) mass is 281 g/mol. The Hall–Kier alpha value is -0.320. The zero-order valence-electron chi connectivity index (χ0n) is 11.3. The fourth-order valence-corrected chi connectivity index (χ4v) is 1.98. The molecule has 0 aromatic rings. The molecule has 5 N–H and O–H groups in total. The molecule has 0 radical (unpaired) electrons. The Balaban J connectivity index is 2.78. The molecule has 1 heterocycles. The number of rotatable bonds is 6. The predicted molar refractivity (Wildman–Crippen MR) is 64.1 cm³/mol. The van der Waals surface area contributed by atoms with Gasteiger partial charge in [-0.25, -0.2) is 0 Å². The number of aliphatic hydroxyl groups excluding tert-OH is 3. The number of ether oxygens (including phenoxy) is 4. The molecule has 0 aromatic heterocycles. The first-order valence-electron chi connectivity index (χ1n) is 6.07. The van der Waals surface area contributed by atoms with Crippen LogP contribution in [0.2, 0.25) is 0 Å². The van der Waals surface area contributed by atoms with Gasteiger partial charge in [-0.05, 0) is 6.92 Å². The second-order valence-electron chi connectivity index (χ2n) is 4.44. The maximum atomic E-state index is 10.0. The Morgan fingerprint density at radius 1 is 1.26 bits per heavy atom. The van der Waals surface area contributed by atoms with Crippen molar-refractivity contribution in [3.05, 3.63) is 0 Å². The van der Waals surface area contributed by atoms with Crippen LogP contribution in [0, 0.1) is 0 Å². The molecule has 8 heteroatoms. The molecule has 1 rings (SSSR count). The van der Waals surface area contributed by atoms with E-state index in [-0.39, 0.29) is 6.54 Å². The summed E-state index contributed by atoms with van der Waals surface area (Å²) >= 11 is 0. The lowest BCUT2D eigenvalue weighted by atomic mass is 9.98. The van der Waals surface area contributed by atoms with E-state index >= 15 is 0 Å². The van der Waals surface area contributed by atoms with Gasteiger partial charge in [0.2, 0.25) is 0 Å². The number of nitrogens with two attached hydrogens (primary N) is 1. The second kappa shape index (κ2) is 7.46. The summed E-state index contributed by atoms with van der Waals surface area (Å²) in [6.07, 6.45) is -6.98. The molecular weight excluding hydrogens is 258 g/mol. The molecule has 0 amide bonds. The first-order chi connectivity index (χ1) is 8.96. The van der Waals surface area contributed by atoms with E-state index in [1.165, 1.54) is 21.1 Å². The molecule has 0 aromatic carbocycles. The van der Waals surface area contributed by atoms with E-state index < -0.39 is 43.1 Å². The Morgan fingerprint density at radius 2 is 1.89 bits per heavy atom. The highest BCUT2D eigenvalue weighted by Gasteiger charge is 2.46. The van der Waals surface area contributed by atoms with Crippen molar-refractivity contribution in [2.75, 3.05) is 20.8 Å². The molecule has 7 unspecified atom stereocenters. The molecule has 1 fully saturated rings. The molecule has 8 nitrogen and oxygen atoms in total. The lowest BCUT2D eigenvalue weighted by molar-refractivity contribution is -0.321. The van der Waals surface area contributed by atoms with Crippen molar-refractivity contribution in [2.24, 2.45) is 5.73 Å². The van der Waals surface area contributed by atoms with Crippen molar-refractivity contribution in [1.82, 2.24) is 0 Å². The van der Waals surface area contributed by atoms with Crippen molar-refractivity contribution in [3.63, 3.8) is 0 Å². The quantitative estimate of drug-likeness (QED) is 0.404. The van der Waals surface area contributed by atoms with E-state index in [4.69, 9.17) is 24.7 Å². The normalized spacial score (nSPS) is 39.0. The third-order valence-electron chi connectivity index (χ3n) is 3.02. The van der Waals surface area contributed by atoms with Crippen LogP contribution in [0.15, 0.2) is 0 Å². The number of aliphatic hydroxyl groups is 3. The van der Waals surface area contributed by atoms with E-state index in [1.807, 2.05) is 0 Å². The molecule has 19 heavy (non-hydrogen) atoms. The Labute approximate surface area is 112 Å². The minimum atomic E-state index is -1.27. The second-order valence-corrected chi connectivity index (χ2v) is 4.44. The molecular formula is C11H23NO7. The molecule has 1 saturated heterocycles. The molecule has 0 bridgehead atoms. The minimum absolute atomic E-state index is 0.0601. The average Bonchev–Trinajstić information content (AvgIpc) is 2.40. The number of hydrogen-bond donors (Lipinski definition) is 4. The summed E-state index contributed by atoms with van der Waals surface area (Å²) in [5.74, 6) is 0. The third-order valence-corrected chi connectivity index (χ3v) is 3.02. The molecule has 114 valence electrons. The fraction of sp³-hybridized carbons (Fsp3) is 1.00. The van der Waals surface area contributed by atoms with Crippen molar-refractivity contribution in [2.45, 2.75) is 50.0 Å². The van der Waals surface area contributed by atoms with E-state index in [9.17, 15) is 15.3 Å². The summed E-state index contributed by atoms with van der Waals surface area (Å²) < 4.78 is 20.7. The van der Waals surface area contributed by atoms with Gasteiger partial charge in [0.15, 0.2) is 12.6 Å². The summed E-state index contributed by atoms with van der Waals surface area (Å²) in [6.45, 7) is 1.54. The van der Waals surface area contributed by atoms with Gasteiger partial charge in [0.25, 0.3) is 0 Å². The van der Waals surface area contributed by atoms with Gasteiger partial charge >= 0.3 is 0 Å². The highest BCUT2D eigenvalue weighted by atomic mass is 16.7. The fourth-order valence-electron chi connectivity index (χ4n) is 1.98. The van der Waals surface area contributed by atoms with Crippen LogP contribution in [0.5, 0.6) is 0 Å². The van der Waals surface area contributed by atoms with Gasteiger partial charge in [-0.15, -0.1) is 0 Å². The van der Waals surface area contributed by atoms with Crippen LogP contribution in [0.4, 0.5) is 0 Å². The molecule has 0 saturated carbocycles. The summed E-state index contributed by atoms with van der Waals surface area (Å²) in [5.41, 5.74) is 5.55. The van der Waals surface area contributed by atoms with Crippen molar-refractivity contribution in [1.29, 1.82) is 0 Å². The zero-order chi connectivity index (χ0) is 14.6. The van der Waals surface area contributed by atoms with Crippen LogP contribution < -0.4 is 5.73 Å². The molecule has 1 aliphatic rings. The van der Waals surface area contributed by atoms with Gasteiger partial charge in [0, 0.05) is 20.8 Å². The molecule has 0 aliphatic carbocycles. The van der Waals surface area contributed by atoms with Crippen molar-refractivity contribution >= 4 is 0 Å². The molecule has 7 atom stereocenters. The lowest BCUT2D eigenvalue weighted by Crippen LogP contribution is -2.61. The third kappa shape index (κ3) is 3.83. The van der Waals surface area contributed by atoms with Gasteiger partial charge in [0.05, 0.1) is 0 Å². The van der Waals surface area contributed by atoms with Crippen LogP contribution in [0.3, 0.4) is 0 Å². The van der Waals surface area contributed by atoms with E-state index in [2.05, 4.69) is 0 Å². The SMILES string of the molecule is COC(OC1C(CN)OC(OC)C(O)C1O)C(C)O. The van der Waals surface area contributed by atoms with Gasteiger partial charge in [-0.3, -0.25) is 0 Å². The highest BCUT2D eigenvalue weighted by Crippen LogP contribution is 2.25. The maximum Gasteiger partial charge on any atom is 0.186 e. The standard InChI is InChI=1S/C11H23NO7/c1-5(13)10(16-2)19-9-6(4-12)18-11(17-3)8(15)7(9)14/h5-11,13-15H,4,12H2,1-3H3. The van der Waals surface area contributed by atoms with Crippen LogP contribution in [0.25, 0.3) is 0 Å². The zero-order valence-corrected chi connectivity index (χ0v) is 11.3. The minimum Gasteiger partial charge on any atom is -0.388 e. The summed E-state index contributed by atoms with van der Waals surface area (Å²) in [7, 11) is 2.71. The first-order valence-corrected chi connectivity index (χ1v) is 6.07. The van der Waals surface area contributed by atoms with Gasteiger partial charge in [-0.2, -0.15) is 0 Å². The van der Waals surface area contributed by atoms with Gasteiger partial charge < -0.3 is 40.0 Å². The van der Waals surface area contributed by atoms with Crippen LogP contribution in [-0.2, 0) is 18.9 Å². The number of methoxy groups -OCH3 is 2. The highest BCUT2D eigenvalue weighted by molar-refractivity contribution is 4.91. The van der Waals surface area contributed by atoms with E-state index in [0.717, 1.165) is 0 Å². The number of hydrogen-bond acceptors (Lipinski definition) is 8. The van der Waals surface area contributed by atoms with E-state index in [0.29, 0.717) is 0 Å². The van der Waals surface area contributed by atoms with Crippen LogP contribution in [0.1, 0.15) is 6.92 Å². The summed E-state index contributed by atoms with van der Waals surface area (Å²) in [5, 5.41) is 29.3. The van der Waals surface area contributed by atoms with Crippen LogP contribution in [-0.4, -0.2) is 79.2 Å². The van der Waals surface area contributed by atoms with E-state index in [1.54, 1.807) is 0 Å². The summed E-state index contributed by atoms with van der Waals surface area (Å²) in [6, 6.07) is 0. The smallest absolute Gasteiger partial charge is 0.186 e.